The van der Waals surface area contributed by atoms with Crippen molar-refractivity contribution in [2.24, 2.45) is 0 Å². The number of aliphatic carboxylic acids is 1. The standard InChI is InChI=1S/C9H16N2O2/c1-10-4-5-11(7-2-3-7)8(6-10)9(12)13/h7-8H,2-6H2,1H3,(H,12,13). The van der Waals surface area contributed by atoms with Crippen molar-refractivity contribution in [3.8, 4) is 0 Å². The fraction of sp³-hybridized carbons (Fsp3) is 0.889. The minimum atomic E-state index is -0.668. The zero-order valence-electron chi connectivity index (χ0n) is 7.94. The molecule has 1 aliphatic heterocycles. The van der Waals surface area contributed by atoms with Crippen LogP contribution in [0.15, 0.2) is 0 Å². The fourth-order valence-corrected chi connectivity index (χ4v) is 2.00. The van der Waals surface area contributed by atoms with Crippen LogP contribution in [0.5, 0.6) is 0 Å². The summed E-state index contributed by atoms with van der Waals surface area (Å²) in [5.74, 6) is -0.668. The molecule has 1 aliphatic carbocycles. The van der Waals surface area contributed by atoms with Crippen molar-refractivity contribution in [1.82, 2.24) is 9.80 Å². The van der Waals surface area contributed by atoms with E-state index in [9.17, 15) is 4.79 Å². The van der Waals surface area contributed by atoms with E-state index in [4.69, 9.17) is 5.11 Å². The van der Waals surface area contributed by atoms with Gasteiger partial charge in [0.25, 0.3) is 0 Å². The number of rotatable bonds is 2. The third kappa shape index (κ3) is 1.84. The summed E-state index contributed by atoms with van der Waals surface area (Å²) in [5, 5.41) is 9.03. The summed E-state index contributed by atoms with van der Waals surface area (Å²) in [6, 6.07) is 0.293. The Morgan fingerprint density at radius 3 is 2.62 bits per heavy atom. The lowest BCUT2D eigenvalue weighted by molar-refractivity contribution is -0.145. The van der Waals surface area contributed by atoms with Gasteiger partial charge in [-0.2, -0.15) is 0 Å². The minimum absolute atomic E-state index is 0.272. The first kappa shape index (κ1) is 8.97. The van der Waals surface area contributed by atoms with Gasteiger partial charge in [-0.25, -0.2) is 0 Å². The lowest BCUT2D eigenvalue weighted by Crippen LogP contribution is -2.56. The Kier molecular flexibility index (Phi) is 2.26. The average molecular weight is 184 g/mol. The molecule has 1 N–H and O–H groups in total. The number of carbonyl (C=O) groups is 1. The fourth-order valence-electron chi connectivity index (χ4n) is 2.00. The van der Waals surface area contributed by atoms with Crippen molar-refractivity contribution in [1.29, 1.82) is 0 Å². The predicted molar refractivity (Wildman–Crippen MR) is 48.6 cm³/mol. The molecule has 4 heteroatoms. The maximum atomic E-state index is 11.0. The van der Waals surface area contributed by atoms with Crippen molar-refractivity contribution in [3.05, 3.63) is 0 Å². The second-order valence-corrected chi connectivity index (χ2v) is 4.09. The molecule has 0 aromatic heterocycles. The monoisotopic (exact) mass is 184 g/mol. The number of hydrogen-bond acceptors (Lipinski definition) is 3. The summed E-state index contributed by atoms with van der Waals surface area (Å²) >= 11 is 0. The quantitative estimate of drug-likeness (QED) is 0.648. The van der Waals surface area contributed by atoms with Crippen molar-refractivity contribution in [3.63, 3.8) is 0 Å². The number of hydrogen-bond donors (Lipinski definition) is 1. The van der Waals surface area contributed by atoms with E-state index in [1.807, 2.05) is 7.05 Å². The second kappa shape index (κ2) is 3.27. The van der Waals surface area contributed by atoms with Crippen LogP contribution in [0.4, 0.5) is 0 Å². The highest BCUT2D eigenvalue weighted by Gasteiger charge is 2.39. The van der Waals surface area contributed by atoms with Gasteiger partial charge in [-0.1, -0.05) is 0 Å². The molecular formula is C9H16N2O2. The van der Waals surface area contributed by atoms with Gasteiger partial charge < -0.3 is 10.0 Å². The van der Waals surface area contributed by atoms with E-state index < -0.39 is 5.97 Å². The van der Waals surface area contributed by atoms with Gasteiger partial charge in [0.2, 0.25) is 0 Å². The minimum Gasteiger partial charge on any atom is -0.480 e. The summed E-state index contributed by atoms with van der Waals surface area (Å²) in [5.41, 5.74) is 0. The molecule has 0 amide bonds. The summed E-state index contributed by atoms with van der Waals surface area (Å²) in [4.78, 5) is 15.2. The van der Waals surface area contributed by atoms with Crippen LogP contribution in [0.1, 0.15) is 12.8 Å². The number of piperazine rings is 1. The van der Waals surface area contributed by atoms with Crippen molar-refractivity contribution >= 4 is 5.97 Å². The van der Waals surface area contributed by atoms with E-state index in [-0.39, 0.29) is 6.04 Å². The largest absolute Gasteiger partial charge is 0.480 e. The van der Waals surface area contributed by atoms with Crippen LogP contribution in [0.3, 0.4) is 0 Å². The molecule has 0 bridgehead atoms. The van der Waals surface area contributed by atoms with Gasteiger partial charge in [0, 0.05) is 25.7 Å². The molecule has 4 nitrogen and oxygen atoms in total. The molecular weight excluding hydrogens is 168 g/mol. The van der Waals surface area contributed by atoms with Crippen LogP contribution in [-0.4, -0.2) is 59.6 Å². The summed E-state index contributed by atoms with van der Waals surface area (Å²) in [6.07, 6.45) is 2.38. The first-order valence-electron chi connectivity index (χ1n) is 4.85. The number of likely N-dealkylation sites (N-methyl/N-ethyl adjacent to an activating group) is 1. The van der Waals surface area contributed by atoms with Gasteiger partial charge in [0.1, 0.15) is 6.04 Å². The van der Waals surface area contributed by atoms with Gasteiger partial charge in [-0.05, 0) is 19.9 Å². The highest BCUT2D eigenvalue weighted by Crippen LogP contribution is 2.29. The third-order valence-electron chi connectivity index (χ3n) is 2.93. The molecule has 1 atom stereocenters. The Bertz CT molecular complexity index is 216. The molecule has 0 spiro atoms. The molecule has 2 fully saturated rings. The zero-order valence-corrected chi connectivity index (χ0v) is 7.94. The van der Waals surface area contributed by atoms with Gasteiger partial charge in [-0.15, -0.1) is 0 Å². The van der Waals surface area contributed by atoms with E-state index in [0.29, 0.717) is 12.6 Å². The lowest BCUT2D eigenvalue weighted by atomic mass is 10.1. The summed E-state index contributed by atoms with van der Waals surface area (Å²) in [6.45, 7) is 2.59. The lowest BCUT2D eigenvalue weighted by Gasteiger charge is -2.37. The third-order valence-corrected chi connectivity index (χ3v) is 2.93. The van der Waals surface area contributed by atoms with Crippen molar-refractivity contribution in [2.45, 2.75) is 24.9 Å². The van der Waals surface area contributed by atoms with E-state index in [1.165, 1.54) is 12.8 Å². The van der Waals surface area contributed by atoms with Crippen molar-refractivity contribution < 1.29 is 9.90 Å². The van der Waals surface area contributed by atoms with Gasteiger partial charge in [-0.3, -0.25) is 9.69 Å². The summed E-state index contributed by atoms with van der Waals surface area (Å²) in [7, 11) is 1.99. The van der Waals surface area contributed by atoms with Gasteiger partial charge in [0.15, 0.2) is 0 Å². The molecule has 1 heterocycles. The van der Waals surface area contributed by atoms with E-state index >= 15 is 0 Å². The molecule has 13 heavy (non-hydrogen) atoms. The van der Waals surface area contributed by atoms with E-state index in [0.717, 1.165) is 13.1 Å². The van der Waals surface area contributed by atoms with Gasteiger partial charge >= 0.3 is 5.97 Å². The smallest absolute Gasteiger partial charge is 0.322 e. The summed E-state index contributed by atoms with van der Waals surface area (Å²) < 4.78 is 0. The van der Waals surface area contributed by atoms with E-state index in [2.05, 4.69) is 9.80 Å². The number of carboxylic acids is 1. The zero-order chi connectivity index (χ0) is 9.42. The normalized spacial score (nSPS) is 31.9. The van der Waals surface area contributed by atoms with Crippen LogP contribution in [0.2, 0.25) is 0 Å². The molecule has 2 aliphatic rings. The predicted octanol–water partition coefficient (Wildman–Crippen LogP) is -0.151. The Morgan fingerprint density at radius 1 is 1.38 bits per heavy atom. The Balaban J connectivity index is 2.02. The Morgan fingerprint density at radius 2 is 2.08 bits per heavy atom. The first-order chi connectivity index (χ1) is 6.18. The average Bonchev–Trinajstić information content (AvgIpc) is 2.87. The first-order valence-corrected chi connectivity index (χ1v) is 4.85. The molecule has 0 radical (unpaired) electrons. The topological polar surface area (TPSA) is 43.8 Å². The Labute approximate surface area is 78.1 Å². The van der Waals surface area contributed by atoms with Crippen LogP contribution in [-0.2, 0) is 4.79 Å². The molecule has 1 saturated heterocycles. The Hall–Kier alpha value is -0.610. The van der Waals surface area contributed by atoms with Gasteiger partial charge in [0.05, 0.1) is 0 Å². The molecule has 2 rings (SSSR count). The number of carboxylic acid groups (broad SMARTS) is 1. The maximum Gasteiger partial charge on any atom is 0.322 e. The molecule has 1 unspecified atom stereocenters. The van der Waals surface area contributed by atoms with Crippen LogP contribution in [0, 0.1) is 0 Å². The van der Waals surface area contributed by atoms with E-state index in [1.54, 1.807) is 0 Å². The number of nitrogens with zero attached hydrogens (tertiary/aromatic N) is 2. The molecule has 0 aromatic carbocycles. The second-order valence-electron chi connectivity index (χ2n) is 4.09. The highest BCUT2D eigenvalue weighted by molar-refractivity contribution is 5.74. The van der Waals surface area contributed by atoms with Crippen LogP contribution >= 0.6 is 0 Å². The maximum absolute atomic E-state index is 11.0. The van der Waals surface area contributed by atoms with Crippen LogP contribution < -0.4 is 0 Å². The highest BCUT2D eigenvalue weighted by atomic mass is 16.4. The van der Waals surface area contributed by atoms with Crippen LogP contribution in [0.25, 0.3) is 0 Å². The molecule has 0 aromatic rings. The SMILES string of the molecule is CN1CCN(C2CC2)C(C(=O)O)C1. The molecule has 74 valence electrons. The molecule has 1 saturated carbocycles. The van der Waals surface area contributed by atoms with Crippen molar-refractivity contribution in [2.75, 3.05) is 26.7 Å².